The van der Waals surface area contributed by atoms with E-state index in [0.717, 1.165) is 24.4 Å². The molecule has 0 unspecified atom stereocenters. The number of nitrogens with zero attached hydrogens (tertiary/aromatic N) is 4. The third kappa shape index (κ3) is 4.74. The fraction of sp³-hybridized carbons (Fsp3) is 0.261. The molecule has 0 fully saturated rings. The van der Waals surface area contributed by atoms with Gasteiger partial charge in [-0.25, -0.2) is 14.2 Å². The molecular formula is C23H21F4N5O. The molecule has 1 atom stereocenters. The fourth-order valence-corrected chi connectivity index (χ4v) is 3.73. The number of urea groups is 1. The minimum absolute atomic E-state index is 0.181. The number of aromatic nitrogens is 2. The van der Waals surface area contributed by atoms with Gasteiger partial charge in [0.2, 0.25) is 0 Å². The van der Waals surface area contributed by atoms with Crippen molar-refractivity contribution in [2.24, 2.45) is 0 Å². The Hall–Kier alpha value is -3.69. The maximum Gasteiger partial charge on any atom is 0.416 e. The van der Waals surface area contributed by atoms with Crippen LogP contribution in [0.2, 0.25) is 0 Å². The largest absolute Gasteiger partial charge is 0.416 e. The Bertz CT molecular complexity index is 1180. The summed E-state index contributed by atoms with van der Waals surface area (Å²) in [5.74, 6) is -0.291. The van der Waals surface area contributed by atoms with E-state index in [1.807, 2.05) is 18.9 Å². The summed E-state index contributed by atoms with van der Waals surface area (Å²) in [6.45, 7) is 2.50. The second kappa shape index (κ2) is 8.68. The first-order valence-corrected chi connectivity index (χ1v) is 10.2. The quantitative estimate of drug-likeness (QED) is 0.509. The highest BCUT2D eigenvalue weighted by Crippen LogP contribution is 2.36. The number of pyridine rings is 2. The van der Waals surface area contributed by atoms with Crippen LogP contribution in [0.1, 0.15) is 18.9 Å². The number of hydrogen-bond acceptors (Lipinski definition) is 4. The second-order valence-electron chi connectivity index (χ2n) is 7.87. The molecule has 0 spiro atoms. The van der Waals surface area contributed by atoms with Crippen LogP contribution in [0, 0.1) is 5.82 Å². The molecule has 172 valence electrons. The molecule has 0 radical (unpaired) electrons. The highest BCUT2D eigenvalue weighted by Gasteiger charge is 2.32. The lowest BCUT2D eigenvalue weighted by atomic mass is 10.1. The molecule has 4 rings (SSSR count). The summed E-state index contributed by atoms with van der Waals surface area (Å²) in [5.41, 5.74) is 0.632. The number of rotatable bonds is 2. The third-order valence-electron chi connectivity index (χ3n) is 5.48. The molecule has 3 heterocycles. The van der Waals surface area contributed by atoms with E-state index in [4.69, 9.17) is 0 Å². The Kier molecular flexibility index (Phi) is 5.92. The van der Waals surface area contributed by atoms with Crippen LogP contribution >= 0.6 is 0 Å². The predicted molar refractivity (Wildman–Crippen MR) is 118 cm³/mol. The van der Waals surface area contributed by atoms with Crippen LogP contribution < -0.4 is 15.1 Å². The average Bonchev–Trinajstić information content (AvgIpc) is 2.89. The van der Waals surface area contributed by atoms with Crippen LogP contribution in [0.15, 0.2) is 54.9 Å². The predicted octanol–water partition coefficient (Wildman–Crippen LogP) is 5.57. The number of anilines is 3. The second-order valence-corrected chi connectivity index (χ2v) is 7.87. The van der Waals surface area contributed by atoms with Crippen LogP contribution in [-0.4, -0.2) is 35.6 Å². The average molecular weight is 459 g/mol. The zero-order valence-electron chi connectivity index (χ0n) is 17.9. The molecule has 10 heteroatoms. The number of fused-ring (bicyclic) bond motifs is 1. The van der Waals surface area contributed by atoms with E-state index in [1.165, 1.54) is 23.2 Å². The van der Waals surface area contributed by atoms with Gasteiger partial charge in [-0.15, -0.1) is 0 Å². The summed E-state index contributed by atoms with van der Waals surface area (Å²) in [6, 6.07) is 8.58. The van der Waals surface area contributed by atoms with Gasteiger partial charge in [-0.05, 0) is 37.6 Å². The van der Waals surface area contributed by atoms with Gasteiger partial charge >= 0.3 is 12.2 Å². The monoisotopic (exact) mass is 459 g/mol. The summed E-state index contributed by atoms with van der Waals surface area (Å²) >= 11 is 0. The summed E-state index contributed by atoms with van der Waals surface area (Å²) in [6.07, 6.45) is -1.51. The van der Waals surface area contributed by atoms with Crippen molar-refractivity contribution in [1.29, 1.82) is 0 Å². The van der Waals surface area contributed by atoms with Gasteiger partial charge in [0.1, 0.15) is 5.82 Å². The minimum Gasteiger partial charge on any atom is -0.372 e. The lowest BCUT2D eigenvalue weighted by Crippen LogP contribution is -2.42. The van der Waals surface area contributed by atoms with E-state index in [0.29, 0.717) is 30.2 Å². The van der Waals surface area contributed by atoms with E-state index in [9.17, 15) is 22.4 Å². The number of benzene rings is 1. The van der Waals surface area contributed by atoms with E-state index in [2.05, 4.69) is 15.3 Å². The third-order valence-corrected chi connectivity index (χ3v) is 5.48. The van der Waals surface area contributed by atoms with Gasteiger partial charge in [-0.1, -0.05) is 12.1 Å². The van der Waals surface area contributed by atoms with Gasteiger partial charge in [0.25, 0.3) is 0 Å². The summed E-state index contributed by atoms with van der Waals surface area (Å²) in [7, 11) is 1.86. The molecular weight excluding hydrogens is 438 g/mol. The molecule has 1 aromatic carbocycles. The SMILES string of the molecule is C[C@@H]1CCN(C)c2ccc(-c3cccc(C(F)(F)F)c3)nc2N1C(=O)Nc1cncc(F)c1. The molecule has 1 aliphatic rings. The molecule has 6 nitrogen and oxygen atoms in total. The first kappa shape index (κ1) is 22.5. The fourth-order valence-electron chi connectivity index (χ4n) is 3.73. The Morgan fingerprint density at radius 3 is 2.67 bits per heavy atom. The summed E-state index contributed by atoms with van der Waals surface area (Å²) in [4.78, 5) is 24.9. The van der Waals surface area contributed by atoms with E-state index in [1.54, 1.807) is 12.1 Å². The molecule has 2 amide bonds. The smallest absolute Gasteiger partial charge is 0.372 e. The van der Waals surface area contributed by atoms with Crippen molar-refractivity contribution in [3.8, 4) is 11.3 Å². The molecule has 2 aromatic heterocycles. The Labute approximate surface area is 187 Å². The molecule has 0 aliphatic carbocycles. The molecule has 0 saturated heterocycles. The summed E-state index contributed by atoms with van der Waals surface area (Å²) < 4.78 is 53.1. The van der Waals surface area contributed by atoms with Crippen LogP contribution in [0.5, 0.6) is 0 Å². The topological polar surface area (TPSA) is 61.4 Å². The zero-order chi connectivity index (χ0) is 23.8. The van der Waals surface area contributed by atoms with Gasteiger partial charge in [0, 0.05) is 31.3 Å². The molecule has 0 bridgehead atoms. The van der Waals surface area contributed by atoms with Gasteiger partial charge in [-0.2, -0.15) is 13.2 Å². The van der Waals surface area contributed by atoms with Crippen molar-refractivity contribution < 1.29 is 22.4 Å². The number of halogens is 4. The van der Waals surface area contributed by atoms with Crippen molar-refractivity contribution in [3.05, 3.63) is 66.2 Å². The lowest BCUT2D eigenvalue weighted by Gasteiger charge is -2.28. The number of nitrogens with one attached hydrogen (secondary N) is 1. The Morgan fingerprint density at radius 1 is 1.15 bits per heavy atom. The van der Waals surface area contributed by atoms with Gasteiger partial charge in [-0.3, -0.25) is 9.88 Å². The van der Waals surface area contributed by atoms with Gasteiger partial charge in [0.15, 0.2) is 5.82 Å². The number of carbonyl (C=O) groups excluding carboxylic acids is 1. The zero-order valence-corrected chi connectivity index (χ0v) is 17.9. The lowest BCUT2D eigenvalue weighted by molar-refractivity contribution is -0.137. The molecule has 3 aromatic rings. The van der Waals surface area contributed by atoms with Crippen molar-refractivity contribution in [2.75, 3.05) is 28.7 Å². The number of carbonyl (C=O) groups is 1. The van der Waals surface area contributed by atoms with Gasteiger partial charge in [0.05, 0.1) is 35.0 Å². The van der Waals surface area contributed by atoms with Crippen LogP contribution in [0.4, 0.5) is 39.5 Å². The highest BCUT2D eigenvalue weighted by atomic mass is 19.4. The van der Waals surface area contributed by atoms with E-state index < -0.39 is 23.6 Å². The van der Waals surface area contributed by atoms with Crippen molar-refractivity contribution in [3.63, 3.8) is 0 Å². The number of alkyl halides is 3. The first-order chi connectivity index (χ1) is 15.6. The van der Waals surface area contributed by atoms with Crippen LogP contribution in [0.3, 0.4) is 0 Å². The van der Waals surface area contributed by atoms with Crippen LogP contribution in [-0.2, 0) is 6.18 Å². The van der Waals surface area contributed by atoms with Crippen molar-refractivity contribution in [2.45, 2.75) is 25.6 Å². The molecule has 1 aliphatic heterocycles. The summed E-state index contributed by atoms with van der Waals surface area (Å²) in [5, 5.41) is 2.63. The first-order valence-electron chi connectivity index (χ1n) is 10.2. The molecule has 33 heavy (non-hydrogen) atoms. The maximum atomic E-state index is 13.5. The van der Waals surface area contributed by atoms with E-state index >= 15 is 0 Å². The highest BCUT2D eigenvalue weighted by molar-refractivity contribution is 6.03. The van der Waals surface area contributed by atoms with Crippen LogP contribution in [0.25, 0.3) is 11.3 Å². The van der Waals surface area contributed by atoms with E-state index in [-0.39, 0.29) is 17.3 Å². The molecule has 1 N–H and O–H groups in total. The normalized spacial score (nSPS) is 16.2. The number of hydrogen-bond donors (Lipinski definition) is 1. The van der Waals surface area contributed by atoms with Crippen molar-refractivity contribution in [1.82, 2.24) is 9.97 Å². The molecule has 0 saturated carbocycles. The number of amides is 2. The van der Waals surface area contributed by atoms with Gasteiger partial charge < -0.3 is 10.2 Å². The Balaban J connectivity index is 1.76. The Morgan fingerprint density at radius 2 is 1.94 bits per heavy atom. The van der Waals surface area contributed by atoms with Crippen molar-refractivity contribution >= 4 is 23.2 Å². The minimum atomic E-state index is -4.48. The maximum absolute atomic E-state index is 13.5. The standard InChI is InChI=1S/C23H21F4N5O/c1-14-8-9-31(2)20-7-6-19(15-4-3-5-16(10-15)23(25,26)27)30-21(20)32(14)22(33)29-18-11-17(24)12-28-13-18/h3-7,10-14H,8-9H2,1-2H3,(H,29,33)/t14-/m1/s1.